The normalized spacial score (nSPS) is 12.3. The van der Waals surface area contributed by atoms with Crippen LogP contribution < -0.4 is 0 Å². The Morgan fingerprint density at radius 1 is 0.774 bits per heavy atom. The summed E-state index contributed by atoms with van der Waals surface area (Å²) in [6.45, 7) is 3.95. The Labute approximate surface area is 187 Å². The van der Waals surface area contributed by atoms with Gasteiger partial charge < -0.3 is 0 Å². The fraction of sp³-hybridized carbons (Fsp3) is 0.276. The van der Waals surface area contributed by atoms with Gasteiger partial charge in [0, 0.05) is 24.7 Å². The topological polar surface area (TPSA) is 20.3 Å². The molecule has 0 aliphatic heterocycles. The predicted octanol–water partition coefficient (Wildman–Crippen LogP) is 7.08. The lowest BCUT2D eigenvalue weighted by Gasteiger charge is -2.30. The molecule has 2 heteroatoms. The van der Waals surface area contributed by atoms with Crippen LogP contribution >= 0.6 is 0 Å². The van der Waals surface area contributed by atoms with Gasteiger partial charge in [-0.1, -0.05) is 123 Å². The average molecular weight is 412 g/mol. The minimum Gasteiger partial charge on any atom is -0.289 e. The van der Waals surface area contributed by atoms with Crippen LogP contribution in [0, 0.1) is 0 Å². The zero-order valence-electron chi connectivity index (χ0n) is 18.5. The van der Waals surface area contributed by atoms with Crippen molar-refractivity contribution in [1.82, 2.24) is 4.90 Å². The summed E-state index contributed by atoms with van der Waals surface area (Å²) < 4.78 is 0. The van der Waals surface area contributed by atoms with Crippen LogP contribution in [0.25, 0.3) is 0 Å². The van der Waals surface area contributed by atoms with Crippen LogP contribution in [0.1, 0.15) is 54.1 Å². The molecule has 0 aliphatic carbocycles. The van der Waals surface area contributed by atoms with Gasteiger partial charge in [0.25, 0.3) is 0 Å². The Morgan fingerprint density at radius 2 is 1.29 bits per heavy atom. The van der Waals surface area contributed by atoms with Gasteiger partial charge in [0.15, 0.2) is 5.78 Å². The number of unbranched alkanes of at least 4 members (excludes halogenated alkanes) is 2. The van der Waals surface area contributed by atoms with Gasteiger partial charge in [-0.25, -0.2) is 0 Å². The van der Waals surface area contributed by atoms with Crippen molar-refractivity contribution in [3.05, 3.63) is 120 Å². The summed E-state index contributed by atoms with van der Waals surface area (Å²) in [5.74, 6) is 0.0699. The molecule has 0 radical (unpaired) electrons. The number of carbonyl (C=O) groups excluding carboxylic acids is 1. The van der Waals surface area contributed by atoms with E-state index in [1.54, 1.807) is 6.08 Å². The molecule has 0 saturated heterocycles. The Bertz CT molecular complexity index is 877. The molecule has 3 aromatic rings. The smallest absolute Gasteiger partial charge is 0.185 e. The van der Waals surface area contributed by atoms with Crippen LogP contribution in [0.2, 0.25) is 0 Å². The molecule has 0 bridgehead atoms. The second-order valence-electron chi connectivity index (χ2n) is 8.03. The Hall–Kier alpha value is -2.97. The van der Waals surface area contributed by atoms with Crippen molar-refractivity contribution in [3.8, 4) is 0 Å². The first-order valence-electron chi connectivity index (χ1n) is 11.4. The first kappa shape index (κ1) is 22.7. The molecule has 0 amide bonds. The molecule has 0 aromatic heterocycles. The van der Waals surface area contributed by atoms with Gasteiger partial charge in [0.2, 0.25) is 0 Å². The van der Waals surface area contributed by atoms with Gasteiger partial charge in [-0.3, -0.25) is 9.69 Å². The summed E-state index contributed by atoms with van der Waals surface area (Å²) in [6, 6.07) is 30.9. The fourth-order valence-corrected chi connectivity index (χ4v) is 3.83. The molecule has 3 rings (SSSR count). The quantitative estimate of drug-likeness (QED) is 0.180. The molecule has 0 heterocycles. The van der Waals surface area contributed by atoms with E-state index < -0.39 is 0 Å². The van der Waals surface area contributed by atoms with E-state index in [2.05, 4.69) is 78.6 Å². The zero-order valence-corrected chi connectivity index (χ0v) is 18.5. The monoisotopic (exact) mass is 411 g/mol. The highest BCUT2D eigenvalue weighted by molar-refractivity contribution is 6.04. The predicted molar refractivity (Wildman–Crippen MR) is 130 cm³/mol. The molecule has 1 atom stereocenters. The molecule has 1 unspecified atom stereocenters. The van der Waals surface area contributed by atoms with Gasteiger partial charge in [-0.2, -0.15) is 0 Å². The lowest BCUT2D eigenvalue weighted by Crippen LogP contribution is -2.33. The van der Waals surface area contributed by atoms with Crippen LogP contribution in [0.4, 0.5) is 0 Å². The van der Waals surface area contributed by atoms with Gasteiger partial charge in [-0.05, 0) is 23.6 Å². The summed E-state index contributed by atoms with van der Waals surface area (Å²) in [4.78, 5) is 15.2. The van der Waals surface area contributed by atoms with Crippen LogP contribution in [-0.2, 0) is 13.1 Å². The van der Waals surface area contributed by atoms with Crippen LogP contribution in [-0.4, -0.2) is 16.7 Å². The third kappa shape index (κ3) is 7.66. The van der Waals surface area contributed by atoms with Crippen LogP contribution in [0.15, 0.2) is 103 Å². The van der Waals surface area contributed by atoms with Gasteiger partial charge in [0.1, 0.15) is 0 Å². The third-order valence-corrected chi connectivity index (χ3v) is 5.56. The maximum absolute atomic E-state index is 12.7. The second-order valence-corrected chi connectivity index (χ2v) is 8.03. The summed E-state index contributed by atoms with van der Waals surface area (Å²) in [5.41, 5.74) is 3.33. The molecule has 2 nitrogen and oxygen atoms in total. The number of ketones is 1. The summed E-state index contributed by atoms with van der Waals surface area (Å²) in [6.07, 6.45) is 8.50. The van der Waals surface area contributed by atoms with Crippen molar-refractivity contribution in [2.24, 2.45) is 0 Å². The van der Waals surface area contributed by atoms with Crippen molar-refractivity contribution in [2.75, 3.05) is 0 Å². The third-order valence-electron chi connectivity index (χ3n) is 5.56. The number of hydrogen-bond donors (Lipinski definition) is 0. The largest absolute Gasteiger partial charge is 0.289 e. The fourth-order valence-electron chi connectivity index (χ4n) is 3.83. The molecule has 0 fully saturated rings. The summed E-state index contributed by atoms with van der Waals surface area (Å²) >= 11 is 0. The maximum atomic E-state index is 12.7. The van der Waals surface area contributed by atoms with Crippen molar-refractivity contribution in [2.45, 2.75) is 51.7 Å². The van der Waals surface area contributed by atoms with Crippen molar-refractivity contribution in [1.29, 1.82) is 0 Å². The summed E-state index contributed by atoms with van der Waals surface area (Å²) in [5, 5.41) is 0. The number of hydrogen-bond acceptors (Lipinski definition) is 2. The Kier molecular flexibility index (Phi) is 9.28. The Balaban J connectivity index is 1.83. The molecule has 160 valence electrons. The van der Waals surface area contributed by atoms with Crippen molar-refractivity contribution in [3.63, 3.8) is 0 Å². The highest BCUT2D eigenvalue weighted by Gasteiger charge is 2.17. The second kappa shape index (κ2) is 12.7. The van der Waals surface area contributed by atoms with Gasteiger partial charge >= 0.3 is 0 Å². The lowest BCUT2D eigenvalue weighted by molar-refractivity contribution is 0.104. The van der Waals surface area contributed by atoms with Gasteiger partial charge in [-0.15, -0.1) is 0 Å². The first-order valence-corrected chi connectivity index (χ1v) is 11.4. The molecular formula is C29H33NO. The maximum Gasteiger partial charge on any atom is 0.185 e. The van der Waals surface area contributed by atoms with E-state index in [9.17, 15) is 4.79 Å². The van der Waals surface area contributed by atoms with Crippen LogP contribution in [0.3, 0.4) is 0 Å². The first-order chi connectivity index (χ1) is 15.3. The molecule has 0 N–H and O–H groups in total. The minimum atomic E-state index is 0.0699. The molecular weight excluding hydrogens is 378 g/mol. The van der Waals surface area contributed by atoms with E-state index >= 15 is 0 Å². The zero-order chi connectivity index (χ0) is 21.7. The molecule has 3 aromatic carbocycles. The number of carbonyl (C=O) groups is 1. The van der Waals surface area contributed by atoms with E-state index in [0.717, 1.165) is 31.5 Å². The lowest BCUT2D eigenvalue weighted by atomic mass is 10.0. The van der Waals surface area contributed by atoms with Crippen LogP contribution in [0.5, 0.6) is 0 Å². The van der Waals surface area contributed by atoms with E-state index in [1.807, 2.05) is 30.3 Å². The number of benzene rings is 3. The molecule has 0 saturated carbocycles. The van der Waals surface area contributed by atoms with E-state index in [-0.39, 0.29) is 11.8 Å². The van der Waals surface area contributed by atoms with Crippen molar-refractivity contribution < 1.29 is 4.79 Å². The van der Waals surface area contributed by atoms with Crippen molar-refractivity contribution >= 4 is 5.78 Å². The SMILES string of the molecule is CCCCCC(/C=C/C(=O)c1ccccc1)N(Cc1ccccc1)Cc1ccccc1. The standard InChI is InChI=1S/C29H33NO/c1-2-3-7-20-28(21-22-29(31)27-18-12-6-13-19-27)30(23-25-14-8-4-9-15-25)24-26-16-10-5-11-17-26/h4-6,8-19,21-22,28H,2-3,7,20,23-24H2,1H3/b22-21+. The van der Waals surface area contributed by atoms with Gasteiger partial charge in [0.05, 0.1) is 0 Å². The van der Waals surface area contributed by atoms with E-state index in [4.69, 9.17) is 0 Å². The number of rotatable bonds is 12. The highest BCUT2D eigenvalue weighted by Crippen LogP contribution is 2.19. The highest BCUT2D eigenvalue weighted by atomic mass is 16.1. The Morgan fingerprint density at radius 3 is 1.81 bits per heavy atom. The number of nitrogens with zero attached hydrogens (tertiary/aromatic N) is 1. The molecule has 0 spiro atoms. The summed E-state index contributed by atoms with van der Waals surface area (Å²) in [7, 11) is 0. The van der Waals surface area contributed by atoms with E-state index in [0.29, 0.717) is 0 Å². The number of allylic oxidation sites excluding steroid dienone is 1. The minimum absolute atomic E-state index is 0.0699. The van der Waals surface area contributed by atoms with E-state index in [1.165, 1.54) is 24.0 Å². The average Bonchev–Trinajstić information content (AvgIpc) is 2.82. The molecule has 31 heavy (non-hydrogen) atoms. The molecule has 0 aliphatic rings.